The molecule has 0 saturated heterocycles. The summed E-state index contributed by atoms with van der Waals surface area (Å²) < 4.78 is 1.57. The summed E-state index contributed by atoms with van der Waals surface area (Å²) in [5, 5.41) is 29.0. The van der Waals surface area contributed by atoms with E-state index >= 15 is 0 Å². The predicted octanol–water partition coefficient (Wildman–Crippen LogP) is 0.318. The maximum absolute atomic E-state index is 11.3. The number of carboxylic acids is 1. The second kappa shape index (κ2) is 6.63. The van der Waals surface area contributed by atoms with E-state index in [2.05, 4.69) is 15.6 Å². The summed E-state index contributed by atoms with van der Waals surface area (Å²) in [6, 6.07) is -0.547. The third-order valence-corrected chi connectivity index (χ3v) is 3.40. The van der Waals surface area contributed by atoms with Crippen molar-refractivity contribution in [2.75, 3.05) is 6.61 Å². The summed E-state index contributed by atoms with van der Waals surface area (Å²) in [6.45, 7) is 0.622. The highest BCUT2D eigenvalue weighted by Gasteiger charge is 2.27. The Morgan fingerprint density at radius 1 is 1.53 bits per heavy atom. The topological polar surface area (TPSA) is 100 Å². The van der Waals surface area contributed by atoms with E-state index in [-0.39, 0.29) is 12.6 Å². The van der Waals surface area contributed by atoms with Crippen molar-refractivity contribution in [3.8, 4) is 0 Å². The maximum Gasteiger partial charge on any atom is 0.327 e. The molecule has 0 aliphatic heterocycles. The van der Waals surface area contributed by atoms with Crippen LogP contribution in [0.25, 0.3) is 0 Å². The SMILES string of the molecule is O=C(O)C(NC1CCCC1)c1cn(CCCO)nn1. The van der Waals surface area contributed by atoms with Crippen LogP contribution >= 0.6 is 0 Å². The highest BCUT2D eigenvalue weighted by atomic mass is 16.4. The Kier molecular flexibility index (Phi) is 4.86. The van der Waals surface area contributed by atoms with Crippen LogP contribution in [0.15, 0.2) is 6.20 Å². The quantitative estimate of drug-likeness (QED) is 0.658. The Labute approximate surface area is 111 Å². The highest BCUT2D eigenvalue weighted by Crippen LogP contribution is 2.21. The van der Waals surface area contributed by atoms with E-state index in [1.807, 2.05) is 0 Å². The van der Waals surface area contributed by atoms with Crippen LogP contribution in [-0.2, 0) is 11.3 Å². The second-order valence-electron chi connectivity index (χ2n) is 4.90. The summed E-state index contributed by atoms with van der Waals surface area (Å²) in [5.41, 5.74) is 0.428. The molecule has 2 rings (SSSR count). The number of aryl methyl sites for hydroxylation is 1. The maximum atomic E-state index is 11.3. The minimum Gasteiger partial charge on any atom is -0.480 e. The lowest BCUT2D eigenvalue weighted by atomic mass is 10.1. The Morgan fingerprint density at radius 2 is 2.26 bits per heavy atom. The number of aliphatic carboxylic acids is 1. The molecule has 3 N–H and O–H groups in total. The van der Waals surface area contributed by atoms with Crippen LogP contribution in [-0.4, -0.2) is 43.8 Å². The number of hydrogen-bond acceptors (Lipinski definition) is 5. The Bertz CT molecular complexity index is 415. The standard InChI is InChI=1S/C12H20N4O3/c17-7-3-6-16-8-10(14-15-16)11(12(18)19)13-9-4-1-2-5-9/h8-9,11,13,17H,1-7H2,(H,18,19). The molecule has 7 nitrogen and oxygen atoms in total. The molecule has 1 heterocycles. The van der Waals surface area contributed by atoms with Crippen molar-refractivity contribution in [1.29, 1.82) is 0 Å². The molecule has 7 heteroatoms. The third-order valence-electron chi connectivity index (χ3n) is 3.40. The minimum atomic E-state index is -0.930. The number of carboxylic acid groups (broad SMARTS) is 1. The number of carbonyl (C=O) groups is 1. The van der Waals surface area contributed by atoms with Crippen molar-refractivity contribution >= 4 is 5.97 Å². The summed E-state index contributed by atoms with van der Waals surface area (Å²) in [7, 11) is 0. The zero-order valence-corrected chi connectivity index (χ0v) is 10.8. The predicted molar refractivity (Wildman–Crippen MR) is 67.5 cm³/mol. The first-order chi connectivity index (χ1) is 9.20. The lowest BCUT2D eigenvalue weighted by Crippen LogP contribution is -2.35. The van der Waals surface area contributed by atoms with Gasteiger partial charge >= 0.3 is 5.97 Å². The highest BCUT2D eigenvalue weighted by molar-refractivity contribution is 5.74. The first kappa shape index (κ1) is 14.0. The lowest BCUT2D eigenvalue weighted by Gasteiger charge is -2.17. The molecule has 0 radical (unpaired) electrons. The van der Waals surface area contributed by atoms with Gasteiger partial charge in [0.15, 0.2) is 6.04 Å². The third kappa shape index (κ3) is 3.74. The fourth-order valence-corrected chi connectivity index (χ4v) is 2.40. The molecule has 19 heavy (non-hydrogen) atoms. The summed E-state index contributed by atoms with van der Waals surface area (Å²) >= 11 is 0. The van der Waals surface area contributed by atoms with Crippen LogP contribution in [0.1, 0.15) is 43.8 Å². The van der Waals surface area contributed by atoms with Gasteiger partial charge in [-0.1, -0.05) is 18.1 Å². The normalized spacial score (nSPS) is 17.7. The van der Waals surface area contributed by atoms with Crippen molar-refractivity contribution in [3.05, 3.63) is 11.9 Å². The van der Waals surface area contributed by atoms with Crippen molar-refractivity contribution in [2.45, 2.75) is 50.7 Å². The molecule has 1 aliphatic rings. The monoisotopic (exact) mass is 268 g/mol. The van der Waals surface area contributed by atoms with Crippen LogP contribution < -0.4 is 5.32 Å². The van der Waals surface area contributed by atoms with Gasteiger partial charge in [-0.3, -0.25) is 14.8 Å². The molecule has 1 aromatic heterocycles. The average molecular weight is 268 g/mol. The molecule has 0 amide bonds. The fourth-order valence-electron chi connectivity index (χ4n) is 2.40. The number of nitrogens with one attached hydrogen (secondary N) is 1. The van der Waals surface area contributed by atoms with Crippen LogP contribution in [0.4, 0.5) is 0 Å². The van der Waals surface area contributed by atoms with E-state index in [0.29, 0.717) is 18.7 Å². The first-order valence-electron chi connectivity index (χ1n) is 6.70. The molecule has 1 fully saturated rings. The zero-order chi connectivity index (χ0) is 13.7. The van der Waals surface area contributed by atoms with Crippen molar-refractivity contribution in [3.63, 3.8) is 0 Å². The molecule has 1 saturated carbocycles. The largest absolute Gasteiger partial charge is 0.480 e. The van der Waals surface area contributed by atoms with E-state index in [1.54, 1.807) is 10.9 Å². The molecule has 0 aromatic carbocycles. The van der Waals surface area contributed by atoms with Gasteiger partial charge < -0.3 is 10.2 Å². The van der Waals surface area contributed by atoms with E-state index in [9.17, 15) is 9.90 Å². The Hall–Kier alpha value is -1.47. The van der Waals surface area contributed by atoms with Crippen molar-refractivity contribution in [1.82, 2.24) is 20.3 Å². The smallest absolute Gasteiger partial charge is 0.327 e. The molecule has 1 aliphatic carbocycles. The van der Waals surface area contributed by atoms with E-state index < -0.39 is 12.0 Å². The molecule has 1 atom stereocenters. The van der Waals surface area contributed by atoms with Gasteiger partial charge in [0.2, 0.25) is 0 Å². The molecule has 0 bridgehead atoms. The number of nitrogens with zero attached hydrogens (tertiary/aromatic N) is 3. The average Bonchev–Trinajstić information content (AvgIpc) is 3.04. The fraction of sp³-hybridized carbons (Fsp3) is 0.750. The van der Waals surface area contributed by atoms with Crippen LogP contribution in [0.3, 0.4) is 0 Å². The molecular formula is C12H20N4O3. The molecule has 1 aromatic rings. The number of rotatable bonds is 7. The number of hydrogen-bond donors (Lipinski definition) is 3. The Balaban J connectivity index is 2.01. The van der Waals surface area contributed by atoms with Crippen molar-refractivity contribution < 1.29 is 15.0 Å². The molecule has 106 valence electrons. The van der Waals surface area contributed by atoms with Crippen LogP contribution in [0, 0.1) is 0 Å². The van der Waals surface area contributed by atoms with Gasteiger partial charge in [-0.05, 0) is 19.3 Å². The summed E-state index contributed by atoms with van der Waals surface area (Å²) in [6.07, 6.45) is 6.54. The van der Waals surface area contributed by atoms with Gasteiger partial charge in [0.25, 0.3) is 0 Å². The number of aliphatic hydroxyl groups excluding tert-OH is 1. The number of aliphatic hydroxyl groups is 1. The van der Waals surface area contributed by atoms with Gasteiger partial charge in [-0.2, -0.15) is 0 Å². The van der Waals surface area contributed by atoms with E-state index in [4.69, 9.17) is 5.11 Å². The van der Waals surface area contributed by atoms with Gasteiger partial charge in [0, 0.05) is 19.2 Å². The van der Waals surface area contributed by atoms with Gasteiger partial charge in [0.1, 0.15) is 5.69 Å². The minimum absolute atomic E-state index is 0.0812. The van der Waals surface area contributed by atoms with E-state index in [0.717, 1.165) is 25.7 Å². The van der Waals surface area contributed by atoms with Gasteiger partial charge in [0.05, 0.1) is 6.20 Å². The summed E-state index contributed by atoms with van der Waals surface area (Å²) in [4.78, 5) is 11.3. The van der Waals surface area contributed by atoms with Crippen LogP contribution in [0.5, 0.6) is 0 Å². The molecule has 1 unspecified atom stereocenters. The van der Waals surface area contributed by atoms with Crippen molar-refractivity contribution in [2.24, 2.45) is 0 Å². The van der Waals surface area contributed by atoms with Crippen LogP contribution in [0.2, 0.25) is 0 Å². The van der Waals surface area contributed by atoms with Gasteiger partial charge in [-0.25, -0.2) is 0 Å². The first-order valence-corrected chi connectivity index (χ1v) is 6.70. The van der Waals surface area contributed by atoms with Gasteiger partial charge in [-0.15, -0.1) is 5.10 Å². The zero-order valence-electron chi connectivity index (χ0n) is 10.8. The van der Waals surface area contributed by atoms with E-state index in [1.165, 1.54) is 0 Å². The lowest BCUT2D eigenvalue weighted by molar-refractivity contribution is -0.140. The molecule has 0 spiro atoms. The number of aromatic nitrogens is 3. The molecular weight excluding hydrogens is 248 g/mol. The Morgan fingerprint density at radius 3 is 2.89 bits per heavy atom. The second-order valence-corrected chi connectivity index (χ2v) is 4.90. The summed E-state index contributed by atoms with van der Waals surface area (Å²) in [5.74, 6) is -0.930.